The number of anilines is 1. The van der Waals surface area contributed by atoms with Crippen molar-refractivity contribution in [1.82, 2.24) is 5.32 Å². The molecule has 0 radical (unpaired) electrons. The second-order valence-corrected chi connectivity index (χ2v) is 6.56. The first-order chi connectivity index (χ1) is 12.0. The number of benzene rings is 1. The average Bonchev–Trinajstić information content (AvgIpc) is 2.57. The van der Waals surface area contributed by atoms with Gasteiger partial charge in [-0.15, -0.1) is 0 Å². The third kappa shape index (κ3) is 5.70. The second kappa shape index (κ2) is 9.36. The van der Waals surface area contributed by atoms with Crippen molar-refractivity contribution in [2.45, 2.75) is 64.0 Å². The van der Waals surface area contributed by atoms with Crippen LogP contribution in [0.3, 0.4) is 0 Å². The molecule has 7 heteroatoms. The minimum Gasteiger partial charge on any atom is -0.496 e. The van der Waals surface area contributed by atoms with Crippen molar-refractivity contribution in [2.24, 2.45) is 0 Å². The highest BCUT2D eigenvalue weighted by molar-refractivity contribution is 5.96. The van der Waals surface area contributed by atoms with Gasteiger partial charge in [0.25, 0.3) is 5.69 Å². The molecule has 2 N–H and O–H groups in total. The van der Waals surface area contributed by atoms with Crippen LogP contribution in [0.15, 0.2) is 18.2 Å². The Kier molecular flexibility index (Phi) is 7.18. The number of methoxy groups -OCH3 is 1. The topological polar surface area (TPSA) is 93.5 Å². The Morgan fingerprint density at radius 3 is 2.48 bits per heavy atom. The number of rotatable bonds is 6. The highest BCUT2D eigenvalue weighted by Gasteiger charge is 2.22. The number of carbonyl (C=O) groups is 1. The van der Waals surface area contributed by atoms with Crippen molar-refractivity contribution in [1.29, 1.82) is 0 Å². The third-order valence-corrected chi connectivity index (χ3v) is 4.64. The smallest absolute Gasteiger partial charge is 0.296 e. The van der Waals surface area contributed by atoms with E-state index in [-0.39, 0.29) is 17.3 Å². The fourth-order valence-electron chi connectivity index (χ4n) is 3.19. The van der Waals surface area contributed by atoms with E-state index < -0.39 is 11.0 Å². The Morgan fingerprint density at radius 1 is 1.24 bits per heavy atom. The van der Waals surface area contributed by atoms with Crippen LogP contribution >= 0.6 is 0 Å². The van der Waals surface area contributed by atoms with Crippen LogP contribution in [0.4, 0.5) is 11.4 Å². The van der Waals surface area contributed by atoms with Crippen molar-refractivity contribution in [3.8, 4) is 5.75 Å². The number of ether oxygens (including phenoxy) is 1. The molecule has 1 saturated carbocycles. The summed E-state index contributed by atoms with van der Waals surface area (Å²) in [4.78, 5) is 23.1. The van der Waals surface area contributed by atoms with Gasteiger partial charge in [0, 0.05) is 6.04 Å². The predicted molar refractivity (Wildman–Crippen MR) is 97.0 cm³/mol. The van der Waals surface area contributed by atoms with Gasteiger partial charge in [-0.25, -0.2) is 0 Å². The maximum Gasteiger partial charge on any atom is 0.296 e. The molecule has 0 aliphatic heterocycles. The molecule has 0 heterocycles. The summed E-state index contributed by atoms with van der Waals surface area (Å²) in [7, 11) is 1.44. The number of nitrogens with one attached hydrogen (secondary N) is 2. The summed E-state index contributed by atoms with van der Waals surface area (Å²) in [5, 5.41) is 17.2. The van der Waals surface area contributed by atoms with Gasteiger partial charge in [-0.05, 0) is 31.9 Å². The van der Waals surface area contributed by atoms with Crippen molar-refractivity contribution < 1.29 is 14.5 Å². The molecule has 2 rings (SSSR count). The van der Waals surface area contributed by atoms with Gasteiger partial charge in [0.05, 0.1) is 24.1 Å². The quantitative estimate of drug-likeness (QED) is 0.604. The van der Waals surface area contributed by atoms with Crippen LogP contribution in [0.25, 0.3) is 0 Å². The highest BCUT2D eigenvalue weighted by Crippen LogP contribution is 2.29. The Bertz CT molecular complexity index is 598. The van der Waals surface area contributed by atoms with E-state index in [0.29, 0.717) is 11.8 Å². The molecule has 1 aromatic carbocycles. The van der Waals surface area contributed by atoms with E-state index in [1.165, 1.54) is 51.3 Å². The number of nitrogens with zero attached hydrogens (tertiary/aromatic N) is 1. The van der Waals surface area contributed by atoms with Crippen LogP contribution in [0.1, 0.15) is 51.9 Å². The Labute approximate surface area is 148 Å². The molecule has 7 nitrogen and oxygen atoms in total. The zero-order chi connectivity index (χ0) is 18.2. The fraction of sp³-hybridized carbons (Fsp3) is 0.611. The van der Waals surface area contributed by atoms with Crippen molar-refractivity contribution >= 4 is 17.3 Å². The Balaban J connectivity index is 1.99. The van der Waals surface area contributed by atoms with Gasteiger partial charge in [0.15, 0.2) is 0 Å². The molecule has 1 atom stereocenters. The van der Waals surface area contributed by atoms with Crippen LogP contribution in [0.2, 0.25) is 0 Å². The summed E-state index contributed by atoms with van der Waals surface area (Å²) in [5.74, 6) is 0.112. The summed E-state index contributed by atoms with van der Waals surface area (Å²) in [6.45, 7) is 1.80. The van der Waals surface area contributed by atoms with E-state index in [1.807, 2.05) is 0 Å². The predicted octanol–water partition coefficient (Wildman–Crippen LogP) is 3.63. The minimum atomic E-state index is -0.523. The minimum absolute atomic E-state index is 0.175. The fourth-order valence-corrected chi connectivity index (χ4v) is 3.19. The van der Waals surface area contributed by atoms with E-state index in [4.69, 9.17) is 4.74 Å². The largest absolute Gasteiger partial charge is 0.496 e. The van der Waals surface area contributed by atoms with Gasteiger partial charge in [0.1, 0.15) is 11.4 Å². The number of hydrogen-bond acceptors (Lipinski definition) is 5. The first kappa shape index (κ1) is 19.2. The van der Waals surface area contributed by atoms with E-state index >= 15 is 0 Å². The lowest BCUT2D eigenvalue weighted by Crippen LogP contribution is -2.44. The first-order valence-corrected chi connectivity index (χ1v) is 8.90. The molecule has 0 spiro atoms. The molecule has 138 valence electrons. The van der Waals surface area contributed by atoms with Crippen LogP contribution in [0, 0.1) is 10.1 Å². The van der Waals surface area contributed by atoms with E-state index in [2.05, 4.69) is 10.6 Å². The Hall–Kier alpha value is -2.15. The maximum atomic E-state index is 12.4. The van der Waals surface area contributed by atoms with Crippen LogP contribution in [0.5, 0.6) is 5.75 Å². The number of hydrogen-bond donors (Lipinski definition) is 2. The molecule has 0 saturated heterocycles. The average molecular weight is 349 g/mol. The number of nitro benzene ring substituents is 1. The van der Waals surface area contributed by atoms with Crippen LogP contribution < -0.4 is 15.4 Å². The summed E-state index contributed by atoms with van der Waals surface area (Å²) < 4.78 is 5.01. The molecule has 1 aliphatic carbocycles. The number of amides is 1. The zero-order valence-corrected chi connectivity index (χ0v) is 14.9. The van der Waals surface area contributed by atoms with Gasteiger partial charge in [-0.1, -0.05) is 32.1 Å². The van der Waals surface area contributed by atoms with E-state index in [9.17, 15) is 14.9 Å². The standard InChI is InChI=1S/C18H27N3O4/c1-13(19-14-8-6-4-3-5-7-9-14)18(22)20-16-11-10-15(25-2)12-17(16)21(23)24/h10-14,19H,3-9H2,1-2H3,(H,20,22)/t13-/m0/s1. The van der Waals surface area contributed by atoms with Crippen LogP contribution in [-0.2, 0) is 4.79 Å². The summed E-state index contributed by atoms with van der Waals surface area (Å²) in [6.07, 6.45) is 8.28. The first-order valence-electron chi connectivity index (χ1n) is 8.90. The van der Waals surface area contributed by atoms with Crippen molar-refractivity contribution in [3.05, 3.63) is 28.3 Å². The molecule has 1 aromatic rings. The van der Waals surface area contributed by atoms with Crippen molar-refractivity contribution in [2.75, 3.05) is 12.4 Å². The van der Waals surface area contributed by atoms with Gasteiger partial charge < -0.3 is 15.4 Å². The third-order valence-electron chi connectivity index (χ3n) is 4.64. The molecule has 1 aliphatic rings. The molecule has 1 fully saturated rings. The van der Waals surface area contributed by atoms with E-state index in [0.717, 1.165) is 12.8 Å². The molecule has 1 amide bonds. The second-order valence-electron chi connectivity index (χ2n) is 6.56. The molecule has 25 heavy (non-hydrogen) atoms. The van der Waals surface area contributed by atoms with Crippen LogP contribution in [-0.4, -0.2) is 30.0 Å². The lowest BCUT2D eigenvalue weighted by atomic mass is 9.96. The van der Waals surface area contributed by atoms with Crippen molar-refractivity contribution in [3.63, 3.8) is 0 Å². The summed E-state index contributed by atoms with van der Waals surface area (Å²) in [5.41, 5.74) is 0.00738. The SMILES string of the molecule is COc1ccc(NC(=O)[C@H](C)NC2CCCCCCC2)c([N+](=O)[O-])c1. The molecule has 0 aromatic heterocycles. The molecular weight excluding hydrogens is 322 g/mol. The molecular formula is C18H27N3O4. The monoisotopic (exact) mass is 349 g/mol. The Morgan fingerprint density at radius 2 is 1.88 bits per heavy atom. The van der Waals surface area contributed by atoms with Gasteiger partial charge >= 0.3 is 0 Å². The lowest BCUT2D eigenvalue weighted by Gasteiger charge is -2.24. The molecule has 0 bridgehead atoms. The maximum absolute atomic E-state index is 12.4. The number of carbonyl (C=O) groups excluding carboxylic acids is 1. The highest BCUT2D eigenvalue weighted by atomic mass is 16.6. The zero-order valence-electron chi connectivity index (χ0n) is 14.9. The van der Waals surface area contributed by atoms with E-state index in [1.54, 1.807) is 13.0 Å². The normalized spacial score (nSPS) is 17.2. The van der Waals surface area contributed by atoms with Gasteiger partial charge in [0.2, 0.25) is 5.91 Å². The van der Waals surface area contributed by atoms with Gasteiger partial charge in [-0.2, -0.15) is 0 Å². The number of nitro groups is 1. The summed E-state index contributed by atoms with van der Waals surface area (Å²) in [6, 6.07) is 4.31. The summed E-state index contributed by atoms with van der Waals surface area (Å²) >= 11 is 0. The molecule has 0 unspecified atom stereocenters. The van der Waals surface area contributed by atoms with Gasteiger partial charge in [-0.3, -0.25) is 14.9 Å². The lowest BCUT2D eigenvalue weighted by molar-refractivity contribution is -0.384.